The molecule has 0 saturated carbocycles. The lowest BCUT2D eigenvalue weighted by Gasteiger charge is -2.24. The Hall–Kier alpha value is -1.09. The van der Waals surface area contributed by atoms with Crippen molar-refractivity contribution in [1.82, 2.24) is 15.6 Å². The van der Waals surface area contributed by atoms with Gasteiger partial charge in [-0.3, -0.25) is 4.99 Å². The second kappa shape index (κ2) is 11.4. The van der Waals surface area contributed by atoms with Crippen molar-refractivity contribution in [3.05, 3.63) is 23.9 Å². The van der Waals surface area contributed by atoms with Gasteiger partial charge in [0.15, 0.2) is 5.96 Å². The molecule has 1 heterocycles. The highest BCUT2D eigenvalue weighted by Gasteiger charge is 2.16. The van der Waals surface area contributed by atoms with Gasteiger partial charge >= 0.3 is 0 Å². The Morgan fingerprint density at radius 1 is 1.30 bits per heavy atom. The number of aromatic nitrogens is 1. The Kier molecular flexibility index (Phi) is 10.9. The molecule has 23 heavy (non-hydrogen) atoms. The highest BCUT2D eigenvalue weighted by molar-refractivity contribution is 14.0. The fourth-order valence-corrected chi connectivity index (χ4v) is 1.58. The SMILES string of the molecule is CCCOc1ccc(CNC(=NC)NCC(C)(C)OC)cn1.I. The summed E-state index contributed by atoms with van der Waals surface area (Å²) in [5.74, 6) is 1.39. The van der Waals surface area contributed by atoms with Gasteiger partial charge in [-0.1, -0.05) is 13.0 Å². The summed E-state index contributed by atoms with van der Waals surface area (Å²) in [6.45, 7) is 8.12. The van der Waals surface area contributed by atoms with Crippen molar-refractivity contribution in [2.24, 2.45) is 4.99 Å². The molecule has 0 spiro atoms. The number of guanidine groups is 1. The first-order valence-corrected chi connectivity index (χ1v) is 7.58. The maximum absolute atomic E-state index is 5.46. The summed E-state index contributed by atoms with van der Waals surface area (Å²) in [4.78, 5) is 8.47. The normalized spacial score (nSPS) is 11.6. The molecular formula is C16H29IN4O2. The number of pyridine rings is 1. The highest BCUT2D eigenvalue weighted by Crippen LogP contribution is 2.08. The number of ether oxygens (including phenoxy) is 2. The topological polar surface area (TPSA) is 67.8 Å². The van der Waals surface area contributed by atoms with E-state index in [1.165, 1.54) is 0 Å². The number of halogens is 1. The van der Waals surface area contributed by atoms with Gasteiger partial charge in [0.05, 0.1) is 12.2 Å². The van der Waals surface area contributed by atoms with Crippen molar-refractivity contribution in [2.75, 3.05) is 27.3 Å². The van der Waals surface area contributed by atoms with E-state index in [1.807, 2.05) is 32.2 Å². The number of rotatable bonds is 8. The third-order valence-electron chi connectivity index (χ3n) is 3.17. The van der Waals surface area contributed by atoms with Crippen molar-refractivity contribution in [3.8, 4) is 5.88 Å². The number of aliphatic imine (C=N–C) groups is 1. The van der Waals surface area contributed by atoms with Crippen LogP contribution in [0.2, 0.25) is 0 Å². The maximum atomic E-state index is 5.46. The first-order valence-electron chi connectivity index (χ1n) is 7.58. The maximum Gasteiger partial charge on any atom is 0.213 e. The van der Waals surface area contributed by atoms with Crippen LogP contribution in [0.15, 0.2) is 23.3 Å². The monoisotopic (exact) mass is 436 g/mol. The van der Waals surface area contributed by atoms with Gasteiger partial charge in [-0.05, 0) is 25.8 Å². The predicted octanol–water partition coefficient (Wildman–Crippen LogP) is 2.58. The predicted molar refractivity (Wildman–Crippen MR) is 105 cm³/mol. The molecular weight excluding hydrogens is 407 g/mol. The molecule has 0 aliphatic carbocycles. The van der Waals surface area contributed by atoms with E-state index < -0.39 is 0 Å². The zero-order chi connectivity index (χ0) is 16.4. The van der Waals surface area contributed by atoms with Crippen LogP contribution in [0.25, 0.3) is 0 Å². The summed E-state index contributed by atoms with van der Waals surface area (Å²) in [6.07, 6.45) is 2.79. The fraction of sp³-hybridized carbons (Fsp3) is 0.625. The summed E-state index contributed by atoms with van der Waals surface area (Å²) in [6, 6.07) is 3.88. The largest absolute Gasteiger partial charge is 0.478 e. The van der Waals surface area contributed by atoms with E-state index in [-0.39, 0.29) is 29.6 Å². The van der Waals surface area contributed by atoms with Crippen LogP contribution in [0.4, 0.5) is 0 Å². The van der Waals surface area contributed by atoms with Gasteiger partial charge in [0.1, 0.15) is 0 Å². The summed E-state index contributed by atoms with van der Waals surface area (Å²) < 4.78 is 10.8. The minimum absolute atomic E-state index is 0. The van der Waals surface area contributed by atoms with Gasteiger partial charge < -0.3 is 20.1 Å². The Labute approximate surface area is 156 Å². The minimum atomic E-state index is -0.239. The first-order chi connectivity index (χ1) is 10.5. The zero-order valence-corrected chi connectivity index (χ0v) is 17.0. The lowest BCUT2D eigenvalue weighted by Crippen LogP contribution is -2.45. The molecule has 0 aromatic carbocycles. The van der Waals surface area contributed by atoms with E-state index in [4.69, 9.17) is 9.47 Å². The molecule has 0 radical (unpaired) electrons. The average Bonchev–Trinajstić information content (AvgIpc) is 2.54. The van der Waals surface area contributed by atoms with E-state index in [0.29, 0.717) is 25.6 Å². The molecule has 7 heteroatoms. The molecule has 0 aliphatic heterocycles. The standard InChI is InChI=1S/C16H28N4O2.HI/c1-6-9-22-14-8-7-13(10-18-14)11-19-15(17-4)20-12-16(2,3)21-5;/h7-8,10H,6,9,11-12H2,1-5H3,(H2,17,19,20);1H. The summed E-state index contributed by atoms with van der Waals surface area (Å²) in [5.41, 5.74) is 0.829. The van der Waals surface area contributed by atoms with E-state index in [0.717, 1.165) is 17.9 Å². The van der Waals surface area contributed by atoms with Crippen molar-refractivity contribution < 1.29 is 9.47 Å². The van der Waals surface area contributed by atoms with Crippen LogP contribution in [0.1, 0.15) is 32.8 Å². The van der Waals surface area contributed by atoms with Crippen LogP contribution in [0.5, 0.6) is 5.88 Å². The first kappa shape index (κ1) is 21.9. The van der Waals surface area contributed by atoms with Gasteiger partial charge in [0.2, 0.25) is 5.88 Å². The molecule has 0 amide bonds. The molecule has 0 aliphatic rings. The molecule has 0 fully saturated rings. The molecule has 0 atom stereocenters. The lowest BCUT2D eigenvalue weighted by atomic mass is 10.1. The number of hydrogen-bond donors (Lipinski definition) is 2. The number of nitrogens with one attached hydrogen (secondary N) is 2. The smallest absolute Gasteiger partial charge is 0.213 e. The second-order valence-corrected chi connectivity index (χ2v) is 5.60. The zero-order valence-electron chi connectivity index (χ0n) is 14.7. The third kappa shape index (κ3) is 8.95. The van der Waals surface area contributed by atoms with Crippen LogP contribution < -0.4 is 15.4 Å². The number of hydrogen-bond acceptors (Lipinski definition) is 4. The molecule has 1 rings (SSSR count). The summed E-state index contributed by atoms with van der Waals surface area (Å²) in [5, 5.41) is 6.49. The van der Waals surface area contributed by atoms with Crippen molar-refractivity contribution in [2.45, 2.75) is 39.3 Å². The molecule has 1 aromatic heterocycles. The van der Waals surface area contributed by atoms with E-state index >= 15 is 0 Å². The van der Waals surface area contributed by atoms with Crippen molar-refractivity contribution in [1.29, 1.82) is 0 Å². The quantitative estimate of drug-likeness (QED) is 0.373. The van der Waals surface area contributed by atoms with Gasteiger partial charge in [0, 0.05) is 39.5 Å². The Morgan fingerprint density at radius 3 is 2.57 bits per heavy atom. The minimum Gasteiger partial charge on any atom is -0.478 e. The van der Waals surface area contributed by atoms with Gasteiger partial charge in [-0.25, -0.2) is 4.98 Å². The lowest BCUT2D eigenvalue weighted by molar-refractivity contribution is 0.0268. The fourth-order valence-electron chi connectivity index (χ4n) is 1.58. The average molecular weight is 436 g/mol. The Bertz CT molecular complexity index is 464. The van der Waals surface area contributed by atoms with Gasteiger partial charge in [0.25, 0.3) is 0 Å². The molecule has 0 bridgehead atoms. The van der Waals surface area contributed by atoms with Crippen LogP contribution >= 0.6 is 24.0 Å². The molecule has 0 saturated heterocycles. The molecule has 0 unspecified atom stereocenters. The Morgan fingerprint density at radius 2 is 2.04 bits per heavy atom. The van der Waals surface area contributed by atoms with E-state index in [9.17, 15) is 0 Å². The highest BCUT2D eigenvalue weighted by atomic mass is 127. The van der Waals surface area contributed by atoms with Gasteiger partial charge in [-0.2, -0.15) is 0 Å². The number of nitrogens with zero attached hydrogens (tertiary/aromatic N) is 2. The van der Waals surface area contributed by atoms with Crippen molar-refractivity contribution >= 4 is 29.9 Å². The summed E-state index contributed by atoms with van der Waals surface area (Å²) >= 11 is 0. The molecule has 2 N–H and O–H groups in total. The van der Waals surface area contributed by atoms with E-state index in [2.05, 4.69) is 27.5 Å². The summed E-state index contributed by atoms with van der Waals surface area (Å²) in [7, 11) is 3.45. The van der Waals surface area contributed by atoms with Crippen LogP contribution in [0, 0.1) is 0 Å². The third-order valence-corrected chi connectivity index (χ3v) is 3.17. The molecule has 1 aromatic rings. The van der Waals surface area contributed by atoms with E-state index in [1.54, 1.807) is 14.2 Å². The Balaban J connectivity index is 0.00000484. The van der Waals surface area contributed by atoms with Crippen molar-refractivity contribution in [3.63, 3.8) is 0 Å². The van der Waals surface area contributed by atoms with Crippen LogP contribution in [-0.2, 0) is 11.3 Å². The molecule has 132 valence electrons. The van der Waals surface area contributed by atoms with Crippen LogP contribution in [-0.4, -0.2) is 43.9 Å². The van der Waals surface area contributed by atoms with Gasteiger partial charge in [-0.15, -0.1) is 24.0 Å². The molecule has 6 nitrogen and oxygen atoms in total. The second-order valence-electron chi connectivity index (χ2n) is 5.60. The number of methoxy groups -OCH3 is 1. The van der Waals surface area contributed by atoms with Crippen LogP contribution in [0.3, 0.4) is 0 Å².